The number of aromatic amines is 1. The fraction of sp³-hybridized carbons (Fsp3) is 0.381. The minimum atomic E-state index is 0.186. The molecule has 0 bridgehead atoms. The third-order valence-corrected chi connectivity index (χ3v) is 5.66. The summed E-state index contributed by atoms with van der Waals surface area (Å²) < 4.78 is 0. The average molecular weight is 376 g/mol. The lowest BCUT2D eigenvalue weighted by Gasteiger charge is -2.17. The number of benzene rings is 1. The molecule has 7 heteroatoms. The van der Waals surface area contributed by atoms with Crippen LogP contribution in [0, 0.1) is 5.92 Å². The Kier molecular flexibility index (Phi) is 4.44. The number of H-pyrrole nitrogens is 1. The molecular formula is C21H24N6O. The molecule has 3 heterocycles. The number of nitrogens with zero attached hydrogens (tertiary/aromatic N) is 4. The van der Waals surface area contributed by atoms with Gasteiger partial charge in [0.2, 0.25) is 0 Å². The molecule has 1 aromatic carbocycles. The number of hydrogen-bond acceptors (Lipinski definition) is 6. The predicted octanol–water partition coefficient (Wildman–Crippen LogP) is 2.82. The minimum absolute atomic E-state index is 0.186. The summed E-state index contributed by atoms with van der Waals surface area (Å²) in [6.45, 7) is 3.13. The molecular weight excluding hydrogens is 352 g/mol. The number of aromatic nitrogens is 4. The van der Waals surface area contributed by atoms with E-state index in [4.69, 9.17) is 0 Å². The number of hydrogen-bond donors (Lipinski definition) is 3. The first kappa shape index (κ1) is 17.2. The van der Waals surface area contributed by atoms with E-state index in [9.17, 15) is 5.11 Å². The number of aromatic hydroxyl groups is 1. The highest BCUT2D eigenvalue weighted by Gasteiger charge is 2.27. The summed E-state index contributed by atoms with van der Waals surface area (Å²) >= 11 is 0. The second-order valence-corrected chi connectivity index (χ2v) is 7.78. The molecule has 5 rings (SSSR count). The van der Waals surface area contributed by atoms with Crippen molar-refractivity contribution >= 4 is 5.82 Å². The molecule has 1 saturated carbocycles. The number of phenols is 1. The van der Waals surface area contributed by atoms with Gasteiger partial charge in [-0.1, -0.05) is 6.07 Å². The molecule has 1 saturated heterocycles. The molecule has 1 unspecified atom stereocenters. The first-order valence-electron chi connectivity index (χ1n) is 9.91. The van der Waals surface area contributed by atoms with Crippen molar-refractivity contribution in [2.24, 2.45) is 5.92 Å². The van der Waals surface area contributed by atoms with Crippen LogP contribution < -0.4 is 10.2 Å². The second-order valence-electron chi connectivity index (χ2n) is 7.78. The Morgan fingerprint density at radius 3 is 2.75 bits per heavy atom. The van der Waals surface area contributed by atoms with Crippen molar-refractivity contribution in [2.45, 2.75) is 25.3 Å². The summed E-state index contributed by atoms with van der Waals surface area (Å²) in [4.78, 5) is 2.28. The number of rotatable bonds is 6. The van der Waals surface area contributed by atoms with Crippen molar-refractivity contribution in [2.75, 3.05) is 24.5 Å². The monoisotopic (exact) mass is 376 g/mol. The van der Waals surface area contributed by atoms with E-state index in [1.54, 1.807) is 18.5 Å². The Labute approximate surface area is 163 Å². The Morgan fingerprint density at radius 2 is 2.04 bits per heavy atom. The van der Waals surface area contributed by atoms with Crippen LogP contribution in [0.15, 0.2) is 42.7 Å². The van der Waals surface area contributed by atoms with Crippen LogP contribution in [0.2, 0.25) is 0 Å². The van der Waals surface area contributed by atoms with E-state index >= 15 is 0 Å². The maximum atomic E-state index is 10.5. The Bertz CT molecular complexity index is 936. The van der Waals surface area contributed by atoms with Crippen LogP contribution >= 0.6 is 0 Å². The zero-order valence-corrected chi connectivity index (χ0v) is 15.7. The van der Waals surface area contributed by atoms with Crippen molar-refractivity contribution in [3.05, 3.63) is 42.7 Å². The van der Waals surface area contributed by atoms with E-state index < -0.39 is 0 Å². The molecule has 28 heavy (non-hydrogen) atoms. The quantitative estimate of drug-likeness (QED) is 0.613. The molecule has 0 amide bonds. The summed E-state index contributed by atoms with van der Waals surface area (Å²) in [5, 5.41) is 29.6. The van der Waals surface area contributed by atoms with Gasteiger partial charge in [-0.15, -0.1) is 10.2 Å². The van der Waals surface area contributed by atoms with Gasteiger partial charge in [0.25, 0.3) is 0 Å². The molecule has 1 aliphatic carbocycles. The van der Waals surface area contributed by atoms with Crippen molar-refractivity contribution in [3.8, 4) is 28.1 Å². The maximum Gasteiger partial charge on any atom is 0.151 e. The first-order valence-corrected chi connectivity index (χ1v) is 9.91. The number of nitrogens with one attached hydrogen (secondary N) is 2. The zero-order chi connectivity index (χ0) is 18.9. The van der Waals surface area contributed by atoms with E-state index in [0.29, 0.717) is 17.3 Å². The second kappa shape index (κ2) is 7.24. The van der Waals surface area contributed by atoms with Gasteiger partial charge < -0.3 is 15.3 Å². The van der Waals surface area contributed by atoms with Gasteiger partial charge in [0, 0.05) is 36.5 Å². The first-order chi connectivity index (χ1) is 13.8. The van der Waals surface area contributed by atoms with Crippen LogP contribution in [0.5, 0.6) is 5.75 Å². The van der Waals surface area contributed by atoms with Crippen LogP contribution in [-0.4, -0.2) is 51.2 Å². The van der Waals surface area contributed by atoms with Crippen molar-refractivity contribution in [1.82, 2.24) is 25.7 Å². The molecule has 2 aromatic heterocycles. The average Bonchev–Trinajstić information content (AvgIpc) is 3.19. The van der Waals surface area contributed by atoms with Gasteiger partial charge in [-0.3, -0.25) is 5.10 Å². The van der Waals surface area contributed by atoms with E-state index in [-0.39, 0.29) is 5.75 Å². The summed E-state index contributed by atoms with van der Waals surface area (Å²) in [7, 11) is 0. The Morgan fingerprint density at radius 1 is 1.11 bits per heavy atom. The van der Waals surface area contributed by atoms with Gasteiger partial charge >= 0.3 is 0 Å². The predicted molar refractivity (Wildman–Crippen MR) is 108 cm³/mol. The lowest BCUT2D eigenvalue weighted by molar-refractivity contribution is 0.477. The molecule has 0 spiro atoms. The van der Waals surface area contributed by atoms with Crippen LogP contribution in [-0.2, 0) is 0 Å². The summed E-state index contributed by atoms with van der Waals surface area (Å²) in [5.41, 5.74) is 3.18. The highest BCUT2D eigenvalue weighted by Crippen LogP contribution is 2.32. The molecule has 7 nitrogen and oxygen atoms in total. The van der Waals surface area contributed by atoms with Crippen molar-refractivity contribution in [1.29, 1.82) is 0 Å². The molecule has 3 aromatic rings. The SMILES string of the molecule is Oc1cc(-c2cn[nH]c2)ccc1-c1ccc(N2CCC(NCC3CC3)C2)nn1. The Hall–Kier alpha value is -2.93. The normalized spacial score (nSPS) is 19.3. The van der Waals surface area contributed by atoms with Gasteiger partial charge in [-0.05, 0) is 61.6 Å². The maximum absolute atomic E-state index is 10.5. The Balaban J connectivity index is 1.27. The highest BCUT2D eigenvalue weighted by molar-refractivity contribution is 5.73. The molecule has 1 atom stereocenters. The molecule has 144 valence electrons. The zero-order valence-electron chi connectivity index (χ0n) is 15.7. The van der Waals surface area contributed by atoms with E-state index in [1.165, 1.54) is 12.8 Å². The van der Waals surface area contributed by atoms with Crippen LogP contribution in [0.4, 0.5) is 5.82 Å². The lowest BCUT2D eigenvalue weighted by Crippen LogP contribution is -2.34. The third kappa shape index (κ3) is 3.57. The molecule has 0 radical (unpaired) electrons. The van der Waals surface area contributed by atoms with Crippen LogP contribution in [0.1, 0.15) is 19.3 Å². The topological polar surface area (TPSA) is 90.0 Å². The van der Waals surface area contributed by atoms with Gasteiger partial charge in [-0.2, -0.15) is 5.10 Å². The minimum Gasteiger partial charge on any atom is -0.507 e. The van der Waals surface area contributed by atoms with Gasteiger partial charge in [-0.25, -0.2) is 0 Å². The van der Waals surface area contributed by atoms with Crippen molar-refractivity contribution < 1.29 is 5.11 Å². The molecule has 2 fully saturated rings. The standard InChI is InChI=1S/C21H24N6O/c28-20-9-15(16-11-23-24-12-16)3-4-18(20)19-5-6-21(26-25-19)27-8-7-17(13-27)22-10-14-1-2-14/h3-6,9,11-12,14,17,22,28H,1-2,7-8,10,13H2,(H,23,24). The van der Waals surface area contributed by atoms with E-state index in [0.717, 1.165) is 48.9 Å². The van der Waals surface area contributed by atoms with Gasteiger partial charge in [0.15, 0.2) is 5.82 Å². The largest absolute Gasteiger partial charge is 0.507 e. The van der Waals surface area contributed by atoms with Crippen molar-refractivity contribution in [3.63, 3.8) is 0 Å². The molecule has 2 aliphatic rings. The smallest absolute Gasteiger partial charge is 0.151 e. The van der Waals surface area contributed by atoms with Crippen LogP contribution in [0.25, 0.3) is 22.4 Å². The summed E-state index contributed by atoms with van der Waals surface area (Å²) in [5.74, 6) is 1.99. The van der Waals surface area contributed by atoms with Gasteiger partial charge in [0.1, 0.15) is 5.75 Å². The molecule has 1 aliphatic heterocycles. The summed E-state index contributed by atoms with van der Waals surface area (Å²) in [6.07, 6.45) is 7.43. The fourth-order valence-electron chi connectivity index (χ4n) is 3.76. The van der Waals surface area contributed by atoms with Crippen LogP contribution in [0.3, 0.4) is 0 Å². The summed E-state index contributed by atoms with van der Waals surface area (Å²) in [6, 6.07) is 10.0. The molecule has 3 N–H and O–H groups in total. The number of phenolic OH excluding ortho intramolecular Hbond substituents is 1. The van der Waals surface area contributed by atoms with Gasteiger partial charge in [0.05, 0.1) is 11.9 Å². The fourth-order valence-corrected chi connectivity index (χ4v) is 3.76. The lowest BCUT2D eigenvalue weighted by atomic mass is 10.0. The highest BCUT2D eigenvalue weighted by atomic mass is 16.3. The number of anilines is 1. The van der Waals surface area contributed by atoms with E-state index in [2.05, 4.69) is 30.6 Å². The third-order valence-electron chi connectivity index (χ3n) is 5.66. The van der Waals surface area contributed by atoms with E-state index in [1.807, 2.05) is 24.3 Å².